The Labute approximate surface area is 125 Å². The lowest BCUT2D eigenvalue weighted by Crippen LogP contribution is -2.22. The molecule has 0 saturated heterocycles. The first-order valence-corrected chi connectivity index (χ1v) is 7.37. The van der Waals surface area contributed by atoms with Gasteiger partial charge >= 0.3 is 0 Å². The highest BCUT2D eigenvalue weighted by Crippen LogP contribution is 2.29. The molecule has 3 heteroatoms. The van der Waals surface area contributed by atoms with Crippen LogP contribution in [0.25, 0.3) is 0 Å². The lowest BCUT2D eigenvalue weighted by Gasteiger charge is -2.15. The molecule has 0 fully saturated rings. The second-order valence-electron chi connectivity index (χ2n) is 5.68. The summed E-state index contributed by atoms with van der Waals surface area (Å²) in [5, 5.41) is 0. The van der Waals surface area contributed by atoms with Crippen LogP contribution in [0.2, 0.25) is 0 Å². The normalized spacial score (nSPS) is 18.0. The molecule has 1 aliphatic rings. The minimum Gasteiger partial charge on any atom is -0.489 e. The fraction of sp³-hybridized carbons (Fsp3) is 0.333. The Bertz CT molecular complexity index is 612. The minimum absolute atomic E-state index is 0.0467. The molecule has 0 amide bonds. The van der Waals surface area contributed by atoms with Crippen LogP contribution in [0, 0.1) is 6.92 Å². The number of rotatable bonds is 4. The summed E-state index contributed by atoms with van der Waals surface area (Å²) in [6.07, 6.45) is 1.00. The predicted molar refractivity (Wildman–Crippen MR) is 83.8 cm³/mol. The van der Waals surface area contributed by atoms with Crippen LogP contribution < -0.4 is 15.2 Å². The molecule has 0 aliphatic carbocycles. The zero-order chi connectivity index (χ0) is 14.8. The topological polar surface area (TPSA) is 44.5 Å². The van der Waals surface area contributed by atoms with Crippen molar-refractivity contribution in [3.63, 3.8) is 0 Å². The third kappa shape index (κ3) is 3.03. The summed E-state index contributed by atoms with van der Waals surface area (Å²) in [6.45, 7) is 4.59. The van der Waals surface area contributed by atoms with Crippen LogP contribution in [0.1, 0.15) is 29.7 Å². The minimum atomic E-state index is 0.0467. The first-order chi connectivity index (χ1) is 10.1. The average molecular weight is 283 g/mol. The van der Waals surface area contributed by atoms with Gasteiger partial charge in [0, 0.05) is 12.5 Å². The van der Waals surface area contributed by atoms with Gasteiger partial charge in [-0.3, -0.25) is 0 Å². The van der Waals surface area contributed by atoms with Crippen LogP contribution in [-0.4, -0.2) is 12.7 Å². The van der Waals surface area contributed by atoms with Crippen molar-refractivity contribution in [2.45, 2.75) is 32.4 Å². The van der Waals surface area contributed by atoms with Crippen molar-refractivity contribution in [3.05, 3.63) is 59.2 Å². The first kappa shape index (κ1) is 14.0. The number of hydrogen-bond acceptors (Lipinski definition) is 3. The van der Waals surface area contributed by atoms with E-state index in [1.54, 1.807) is 0 Å². The first-order valence-electron chi connectivity index (χ1n) is 7.37. The number of aryl methyl sites for hydroxylation is 1. The van der Waals surface area contributed by atoms with E-state index in [-0.39, 0.29) is 12.1 Å². The molecule has 3 rings (SSSR count). The highest BCUT2D eigenvalue weighted by atomic mass is 16.5. The van der Waals surface area contributed by atoms with Crippen LogP contribution >= 0.6 is 0 Å². The molecule has 0 saturated carbocycles. The fourth-order valence-corrected chi connectivity index (χ4v) is 2.65. The van der Waals surface area contributed by atoms with Gasteiger partial charge in [-0.05, 0) is 42.7 Å². The van der Waals surface area contributed by atoms with Gasteiger partial charge in [-0.25, -0.2) is 0 Å². The molecule has 0 spiro atoms. The number of hydrogen-bond donors (Lipinski definition) is 1. The Kier molecular flexibility index (Phi) is 3.84. The summed E-state index contributed by atoms with van der Waals surface area (Å²) in [5.41, 5.74) is 9.39. The van der Waals surface area contributed by atoms with Crippen molar-refractivity contribution in [2.24, 2.45) is 5.73 Å². The van der Waals surface area contributed by atoms with E-state index in [1.165, 1.54) is 5.56 Å². The average Bonchev–Trinajstić information content (AvgIpc) is 2.88. The molecule has 2 N–H and O–H groups in total. The van der Waals surface area contributed by atoms with Gasteiger partial charge in [0.05, 0.1) is 0 Å². The van der Waals surface area contributed by atoms with Gasteiger partial charge in [-0.2, -0.15) is 0 Å². The molecule has 0 radical (unpaired) electrons. The number of ether oxygens (including phenoxy) is 2. The Hall–Kier alpha value is -2.00. The molecule has 3 nitrogen and oxygen atoms in total. The zero-order valence-electron chi connectivity index (χ0n) is 12.5. The van der Waals surface area contributed by atoms with Crippen molar-refractivity contribution in [1.29, 1.82) is 0 Å². The maximum atomic E-state index is 5.92. The standard InChI is InChI=1S/C18H21NO2/c1-12-9-14(13(2)19)7-8-17(12)20-11-16-10-15-5-3-4-6-18(15)21-16/h3-9,13,16H,10-11,19H2,1-2H3. The summed E-state index contributed by atoms with van der Waals surface area (Å²) in [4.78, 5) is 0. The van der Waals surface area contributed by atoms with Gasteiger partial charge in [0.2, 0.25) is 0 Å². The SMILES string of the molecule is Cc1cc(C(C)N)ccc1OCC1Cc2ccccc2O1. The van der Waals surface area contributed by atoms with Crippen molar-refractivity contribution in [1.82, 2.24) is 0 Å². The van der Waals surface area contributed by atoms with Crippen LogP contribution in [0.3, 0.4) is 0 Å². The molecule has 110 valence electrons. The Morgan fingerprint density at radius 2 is 2.10 bits per heavy atom. The summed E-state index contributed by atoms with van der Waals surface area (Å²) < 4.78 is 11.8. The predicted octanol–water partition coefficient (Wildman–Crippen LogP) is 3.40. The third-order valence-electron chi connectivity index (χ3n) is 3.86. The van der Waals surface area contributed by atoms with E-state index in [2.05, 4.69) is 12.1 Å². The van der Waals surface area contributed by atoms with Gasteiger partial charge in [0.25, 0.3) is 0 Å². The van der Waals surface area contributed by atoms with Gasteiger partial charge in [-0.15, -0.1) is 0 Å². The van der Waals surface area contributed by atoms with E-state index < -0.39 is 0 Å². The van der Waals surface area contributed by atoms with E-state index in [9.17, 15) is 0 Å². The Morgan fingerprint density at radius 3 is 2.81 bits per heavy atom. The monoisotopic (exact) mass is 283 g/mol. The Balaban J connectivity index is 1.62. The highest BCUT2D eigenvalue weighted by Gasteiger charge is 2.23. The molecule has 0 bridgehead atoms. The largest absolute Gasteiger partial charge is 0.489 e. The lowest BCUT2D eigenvalue weighted by atomic mass is 10.1. The second kappa shape index (κ2) is 5.78. The third-order valence-corrected chi connectivity index (χ3v) is 3.86. The number of nitrogens with two attached hydrogens (primary N) is 1. The Morgan fingerprint density at radius 1 is 1.29 bits per heavy atom. The van der Waals surface area contributed by atoms with Crippen molar-refractivity contribution >= 4 is 0 Å². The molecule has 2 aromatic rings. The molecular formula is C18H21NO2. The number of fused-ring (bicyclic) bond motifs is 1. The molecule has 0 aromatic heterocycles. The van der Waals surface area contributed by atoms with Crippen LogP contribution in [0.4, 0.5) is 0 Å². The molecule has 21 heavy (non-hydrogen) atoms. The van der Waals surface area contributed by atoms with Gasteiger partial charge < -0.3 is 15.2 Å². The molecule has 2 unspecified atom stereocenters. The van der Waals surface area contributed by atoms with E-state index >= 15 is 0 Å². The summed E-state index contributed by atoms with van der Waals surface area (Å²) in [5.74, 6) is 1.88. The van der Waals surface area contributed by atoms with Crippen molar-refractivity contribution in [3.8, 4) is 11.5 Å². The van der Waals surface area contributed by atoms with E-state index in [4.69, 9.17) is 15.2 Å². The maximum absolute atomic E-state index is 5.92. The molecule has 1 heterocycles. The second-order valence-corrected chi connectivity index (χ2v) is 5.68. The van der Waals surface area contributed by atoms with Gasteiger partial charge in [0.15, 0.2) is 0 Å². The highest BCUT2D eigenvalue weighted by molar-refractivity contribution is 5.38. The maximum Gasteiger partial charge on any atom is 0.137 e. The summed E-state index contributed by atoms with van der Waals surface area (Å²) in [6, 6.07) is 14.3. The van der Waals surface area contributed by atoms with E-state index in [1.807, 2.05) is 44.2 Å². The molecular weight excluding hydrogens is 262 g/mol. The molecule has 2 aromatic carbocycles. The van der Waals surface area contributed by atoms with Crippen LogP contribution in [0.15, 0.2) is 42.5 Å². The molecule has 2 atom stereocenters. The summed E-state index contributed by atoms with van der Waals surface area (Å²) in [7, 11) is 0. The fourth-order valence-electron chi connectivity index (χ4n) is 2.65. The van der Waals surface area contributed by atoms with Crippen molar-refractivity contribution in [2.75, 3.05) is 6.61 Å². The zero-order valence-corrected chi connectivity index (χ0v) is 12.5. The van der Waals surface area contributed by atoms with E-state index in [0.717, 1.165) is 29.0 Å². The quantitative estimate of drug-likeness (QED) is 0.935. The van der Waals surface area contributed by atoms with Gasteiger partial charge in [-0.1, -0.05) is 30.3 Å². The number of para-hydroxylation sites is 1. The van der Waals surface area contributed by atoms with Crippen LogP contribution in [0.5, 0.6) is 11.5 Å². The van der Waals surface area contributed by atoms with Crippen LogP contribution in [-0.2, 0) is 6.42 Å². The summed E-state index contributed by atoms with van der Waals surface area (Å²) >= 11 is 0. The van der Waals surface area contributed by atoms with Crippen molar-refractivity contribution < 1.29 is 9.47 Å². The van der Waals surface area contributed by atoms with E-state index in [0.29, 0.717) is 6.61 Å². The molecule has 1 aliphatic heterocycles. The number of benzene rings is 2. The lowest BCUT2D eigenvalue weighted by molar-refractivity contribution is 0.148. The smallest absolute Gasteiger partial charge is 0.137 e. The van der Waals surface area contributed by atoms with Gasteiger partial charge in [0.1, 0.15) is 24.2 Å².